The smallest absolute Gasteiger partial charge is 0.537 e. The van der Waals surface area contributed by atoms with E-state index in [4.69, 9.17) is 5.73 Å². The summed E-state index contributed by atoms with van der Waals surface area (Å²) in [6.45, 7) is 13.9. The van der Waals surface area contributed by atoms with Crippen molar-refractivity contribution in [2.24, 2.45) is 35.3 Å². The van der Waals surface area contributed by atoms with Gasteiger partial charge >= 0.3 is 27.4 Å². The van der Waals surface area contributed by atoms with Gasteiger partial charge in [-0.1, -0.05) is 125 Å². The standard InChI is InChI=1S/C21H21N2O2S.C10H20.CH3.BF4.Ir/c1-16-12-14-19(15-13-16)26(24,25)23-21(18-10-6-3-7-11-18)20(22)17-8-4-2-5-9-17;1-6-7(2)9(4)10(5)8(6)3;;2-1(3,4)5;/h2-15,20-21H,22H2,1H3;6-10H,1-5H3;1H3;;/q-1;;2*-1;+3/t20-,21-;;;;/m1..../s1. The van der Waals surface area contributed by atoms with Crippen LogP contribution >= 0.6 is 0 Å². The van der Waals surface area contributed by atoms with Gasteiger partial charge in [-0.2, -0.15) is 0 Å². The number of benzene rings is 3. The van der Waals surface area contributed by atoms with E-state index in [2.05, 4.69) is 39.3 Å². The molecule has 43 heavy (non-hydrogen) atoms. The molecule has 2 N–H and O–H groups in total. The van der Waals surface area contributed by atoms with Crippen LogP contribution in [0.1, 0.15) is 63.4 Å². The second-order valence-electron chi connectivity index (χ2n) is 11.0. The molecule has 3 aromatic rings. The second-order valence-corrected chi connectivity index (χ2v) is 12.6. The molecular weight excluding hydrogens is 755 g/mol. The summed E-state index contributed by atoms with van der Waals surface area (Å²) < 4.78 is 68.9. The van der Waals surface area contributed by atoms with E-state index >= 15 is 0 Å². The number of hydrogen-bond donors (Lipinski definition) is 1. The Labute approximate surface area is 269 Å². The Bertz CT molecular complexity index is 1250. The zero-order valence-corrected chi connectivity index (χ0v) is 29.0. The minimum absolute atomic E-state index is 0. The normalized spacial score (nSPS) is 22.7. The number of nitrogens with zero attached hydrogens (tertiary/aromatic N) is 1. The molecule has 0 amide bonds. The van der Waals surface area contributed by atoms with Crippen molar-refractivity contribution in [1.29, 1.82) is 0 Å². The fraction of sp³-hybridized carbons (Fsp3) is 0.406. The predicted molar refractivity (Wildman–Crippen MR) is 167 cm³/mol. The Morgan fingerprint density at radius 1 is 0.674 bits per heavy atom. The van der Waals surface area contributed by atoms with Gasteiger partial charge < -0.3 is 35.1 Å². The van der Waals surface area contributed by atoms with Crippen molar-refractivity contribution in [2.75, 3.05) is 0 Å². The van der Waals surface area contributed by atoms with Crippen molar-refractivity contribution in [3.8, 4) is 0 Å². The van der Waals surface area contributed by atoms with E-state index in [0.29, 0.717) is 0 Å². The zero-order valence-electron chi connectivity index (χ0n) is 25.8. The Hall–Kier alpha value is -2.04. The van der Waals surface area contributed by atoms with Gasteiger partial charge in [0.1, 0.15) is 10.0 Å². The van der Waals surface area contributed by atoms with Crippen LogP contribution in [0.25, 0.3) is 4.72 Å². The molecule has 11 heteroatoms. The number of rotatable bonds is 6. The SMILES string of the molecule is CC1C(C)C(C)C(C)C1C.Cc1ccc(S(=O)(=O)[N-][C@H](c2ccccc2)[C@H](N)c2ccccc2)cc1.F[B-](F)(F)F.[CH3-].[Ir+3]. The minimum atomic E-state index is -6.00. The molecule has 0 bridgehead atoms. The maximum absolute atomic E-state index is 12.8. The third kappa shape index (κ3) is 12.8. The molecule has 1 saturated carbocycles. The number of aryl methyl sites for hydroxylation is 1. The Morgan fingerprint density at radius 2 is 1.00 bits per heavy atom. The summed E-state index contributed by atoms with van der Waals surface area (Å²) in [5, 5.41) is 0. The summed E-state index contributed by atoms with van der Waals surface area (Å²) in [5.41, 5.74) is 9.01. The summed E-state index contributed by atoms with van der Waals surface area (Å²) in [7, 11) is -9.83. The summed E-state index contributed by atoms with van der Waals surface area (Å²) in [6.07, 6.45) is 0. The van der Waals surface area contributed by atoms with E-state index in [1.165, 1.54) is 0 Å². The Kier molecular flexibility index (Phi) is 17.2. The van der Waals surface area contributed by atoms with Crippen LogP contribution in [0.2, 0.25) is 0 Å². The molecule has 0 unspecified atom stereocenters. The molecule has 3 aromatic carbocycles. The first kappa shape index (κ1) is 41.0. The van der Waals surface area contributed by atoms with Gasteiger partial charge in [-0.3, -0.25) is 0 Å². The molecule has 4 nitrogen and oxygen atoms in total. The van der Waals surface area contributed by atoms with Crippen molar-refractivity contribution in [3.05, 3.63) is 114 Å². The third-order valence-corrected chi connectivity index (χ3v) is 9.76. The summed E-state index contributed by atoms with van der Waals surface area (Å²) >= 11 is 0. The Balaban J connectivity index is 0.000000863. The topological polar surface area (TPSA) is 74.3 Å². The quantitative estimate of drug-likeness (QED) is 0.154. The fourth-order valence-electron chi connectivity index (χ4n) is 5.16. The van der Waals surface area contributed by atoms with Crippen LogP contribution in [-0.4, -0.2) is 15.7 Å². The molecule has 1 aliphatic rings. The average Bonchev–Trinajstić information content (AvgIpc) is 3.09. The predicted octanol–water partition coefficient (Wildman–Crippen LogP) is 9.43. The van der Waals surface area contributed by atoms with Gasteiger partial charge in [-0.15, -0.1) is 0 Å². The molecule has 0 aromatic heterocycles. The molecule has 1 aliphatic carbocycles. The molecule has 2 atom stereocenters. The first-order chi connectivity index (χ1) is 19.0. The minimum Gasteiger partial charge on any atom is -0.537 e. The summed E-state index contributed by atoms with van der Waals surface area (Å²) in [4.78, 5) is 0.171. The number of nitrogens with two attached hydrogens (primary N) is 1. The summed E-state index contributed by atoms with van der Waals surface area (Å²) in [5.74, 6) is 4.68. The van der Waals surface area contributed by atoms with Gasteiger partial charge in [0.05, 0.1) is 0 Å². The van der Waals surface area contributed by atoms with Gasteiger partial charge in [0.15, 0.2) is 0 Å². The molecule has 0 spiro atoms. The maximum atomic E-state index is 12.8. The van der Waals surface area contributed by atoms with Gasteiger partial charge in [0.25, 0.3) is 0 Å². The number of sulfonamides is 1. The van der Waals surface area contributed by atoms with E-state index in [1.807, 2.05) is 67.6 Å². The first-order valence-corrected chi connectivity index (χ1v) is 15.2. The van der Waals surface area contributed by atoms with Crippen molar-refractivity contribution in [2.45, 2.75) is 58.5 Å². The monoisotopic (exact) mass is 800 g/mol. The molecule has 0 aliphatic heterocycles. The van der Waals surface area contributed by atoms with Crippen molar-refractivity contribution in [3.63, 3.8) is 0 Å². The zero-order chi connectivity index (χ0) is 31.0. The van der Waals surface area contributed by atoms with Gasteiger partial charge in [0.2, 0.25) is 0 Å². The van der Waals surface area contributed by atoms with E-state index in [0.717, 1.165) is 46.3 Å². The van der Waals surface area contributed by atoms with Gasteiger partial charge in [-0.05, 0) is 54.2 Å². The van der Waals surface area contributed by atoms with E-state index < -0.39 is 29.4 Å². The molecule has 0 radical (unpaired) electrons. The van der Waals surface area contributed by atoms with Gasteiger partial charge in [0, 0.05) is 10.9 Å². The van der Waals surface area contributed by atoms with Crippen LogP contribution in [0.4, 0.5) is 17.3 Å². The van der Waals surface area contributed by atoms with Crippen molar-refractivity contribution >= 4 is 17.3 Å². The molecular formula is C32H44BF4IrN2O2S. The molecule has 0 heterocycles. The number of hydrogen-bond acceptors (Lipinski definition) is 3. The molecule has 1 fully saturated rings. The largest absolute Gasteiger partial charge is 3.00 e. The molecule has 240 valence electrons. The van der Waals surface area contributed by atoms with Crippen LogP contribution in [0.3, 0.4) is 0 Å². The van der Waals surface area contributed by atoms with Crippen LogP contribution in [-0.2, 0) is 30.1 Å². The van der Waals surface area contributed by atoms with Gasteiger partial charge in [-0.25, -0.2) is 8.42 Å². The van der Waals surface area contributed by atoms with Crippen LogP contribution in [0.5, 0.6) is 0 Å². The average molecular weight is 800 g/mol. The summed E-state index contributed by atoms with van der Waals surface area (Å²) in [6, 6.07) is 24.1. The van der Waals surface area contributed by atoms with Crippen molar-refractivity contribution < 1.29 is 45.8 Å². The van der Waals surface area contributed by atoms with Crippen molar-refractivity contribution in [1.82, 2.24) is 0 Å². The second kappa shape index (κ2) is 18.1. The Morgan fingerprint density at radius 3 is 1.35 bits per heavy atom. The molecule has 0 saturated heterocycles. The number of halogens is 4. The molecule has 4 rings (SSSR count). The fourth-order valence-corrected chi connectivity index (χ4v) is 6.31. The van der Waals surface area contributed by atoms with Crippen LogP contribution < -0.4 is 5.73 Å². The van der Waals surface area contributed by atoms with E-state index in [1.54, 1.807) is 24.3 Å². The van der Waals surface area contributed by atoms with E-state index in [9.17, 15) is 25.7 Å². The van der Waals surface area contributed by atoms with E-state index in [-0.39, 0.29) is 32.4 Å². The third-order valence-electron chi connectivity index (χ3n) is 8.38. The van der Waals surface area contributed by atoms with Crippen LogP contribution in [0, 0.1) is 43.9 Å². The first-order valence-electron chi connectivity index (χ1n) is 13.8. The maximum Gasteiger partial charge on any atom is 3.00 e. The van der Waals surface area contributed by atoms with Crippen LogP contribution in [0.15, 0.2) is 89.8 Å².